The fourth-order valence-corrected chi connectivity index (χ4v) is 4.95. The molecule has 52 heavy (non-hydrogen) atoms. The van der Waals surface area contributed by atoms with E-state index in [2.05, 4.69) is 170 Å². The molecule has 0 atom stereocenters. The van der Waals surface area contributed by atoms with Crippen molar-refractivity contribution in [3.8, 4) is 34.6 Å². The van der Waals surface area contributed by atoms with Gasteiger partial charge in [-0.15, -0.1) is 12.3 Å². The van der Waals surface area contributed by atoms with Gasteiger partial charge in [0.2, 0.25) is 0 Å². The molecule has 0 heterocycles. The molecular weight excluding hydrogens is 627 g/mol. The summed E-state index contributed by atoms with van der Waals surface area (Å²) in [7, 11) is 0. The Hall–Kier alpha value is -5.45. The normalized spacial score (nSPS) is 10.5. The molecular formula is C51H61N. The molecule has 0 aliphatic rings. The molecule has 0 radical (unpaired) electrons. The predicted molar refractivity (Wildman–Crippen MR) is 235 cm³/mol. The Balaban J connectivity index is 0.000000525. The van der Waals surface area contributed by atoms with E-state index < -0.39 is 0 Å². The van der Waals surface area contributed by atoms with Gasteiger partial charge < -0.3 is 0 Å². The van der Waals surface area contributed by atoms with Gasteiger partial charge in [-0.2, -0.15) is 0 Å². The summed E-state index contributed by atoms with van der Waals surface area (Å²) in [6.45, 7) is 24.6. The molecule has 1 nitrogen and oxygen atoms in total. The lowest BCUT2D eigenvalue weighted by Crippen LogP contribution is -1.95. The van der Waals surface area contributed by atoms with Crippen LogP contribution < -0.4 is 0 Å². The van der Waals surface area contributed by atoms with E-state index in [-0.39, 0.29) is 0 Å². The van der Waals surface area contributed by atoms with Crippen molar-refractivity contribution < 1.29 is 0 Å². The van der Waals surface area contributed by atoms with Crippen LogP contribution in [0.5, 0.6) is 0 Å². The van der Waals surface area contributed by atoms with Gasteiger partial charge in [-0.25, -0.2) is 0 Å². The van der Waals surface area contributed by atoms with E-state index >= 15 is 0 Å². The summed E-state index contributed by atoms with van der Waals surface area (Å²) in [6, 6.07) is 44.4. The Morgan fingerprint density at radius 2 is 1.21 bits per heavy atom. The minimum absolute atomic E-state index is 0.781. The second kappa shape index (κ2) is 26.4. The second-order valence-electron chi connectivity index (χ2n) is 11.9. The third-order valence-corrected chi connectivity index (χ3v) is 8.04. The quantitative estimate of drug-likeness (QED) is 0.0875. The number of hydrogen-bond donors (Lipinski definition) is 0. The first-order valence-electron chi connectivity index (χ1n) is 18.5. The molecule has 0 spiro atoms. The maximum atomic E-state index is 4.72. The number of terminal acetylenes is 1. The van der Waals surface area contributed by atoms with Gasteiger partial charge in [0.25, 0.3) is 0 Å². The summed E-state index contributed by atoms with van der Waals surface area (Å²) >= 11 is 0. The van der Waals surface area contributed by atoms with Gasteiger partial charge >= 0.3 is 0 Å². The Morgan fingerprint density at radius 1 is 0.692 bits per heavy atom. The van der Waals surface area contributed by atoms with E-state index in [9.17, 15) is 0 Å². The van der Waals surface area contributed by atoms with Crippen molar-refractivity contribution in [3.05, 3.63) is 186 Å². The molecule has 0 saturated carbocycles. The molecule has 0 aromatic heterocycles. The highest BCUT2D eigenvalue weighted by molar-refractivity contribution is 6.02. The van der Waals surface area contributed by atoms with Crippen LogP contribution in [0.25, 0.3) is 28.0 Å². The molecule has 0 unspecified atom stereocenters. The van der Waals surface area contributed by atoms with Crippen molar-refractivity contribution in [2.75, 3.05) is 0 Å². The van der Waals surface area contributed by atoms with E-state index in [1.54, 1.807) is 6.92 Å². The van der Waals surface area contributed by atoms with E-state index in [1.165, 1.54) is 44.5 Å². The monoisotopic (exact) mass is 687 g/mol. The highest BCUT2D eigenvalue weighted by Crippen LogP contribution is 2.31. The standard InChI is InChI=1S/C30H27N.C8H10.C8H14.C3H4.C2H6/c1-21-10-8-9-13-29(21)30-20-28(15-14-22(30)2)27-18-16-26(17-19-27)24(4)31-23(3)25-11-6-5-7-12-25;1-2-8-6-4-3-5-7-8;1-4-6-7-8(3)5-2;1-3-2;1-2/h5-20H,3H2,1-2,4H3;3-7H,2H2,1H3;5-7H,4H2,1-3H3;1H,2H3;1-2H3/b;;7-6-,8-5-;;. The van der Waals surface area contributed by atoms with Gasteiger partial charge in [-0.05, 0) is 111 Å². The zero-order chi connectivity index (χ0) is 38.7. The first-order chi connectivity index (χ1) is 25.2. The summed E-state index contributed by atoms with van der Waals surface area (Å²) in [4.78, 5) is 4.72. The van der Waals surface area contributed by atoms with E-state index in [0.29, 0.717) is 0 Å². The van der Waals surface area contributed by atoms with Crippen molar-refractivity contribution in [1.82, 2.24) is 0 Å². The summed E-state index contributed by atoms with van der Waals surface area (Å²) in [5.74, 6) is 2.25. The molecule has 0 N–H and O–H groups in total. The topological polar surface area (TPSA) is 12.4 Å². The molecule has 270 valence electrons. The van der Waals surface area contributed by atoms with Gasteiger partial charge in [0, 0.05) is 5.71 Å². The number of aryl methyl sites for hydroxylation is 3. The molecule has 0 fully saturated rings. The molecule has 5 aromatic rings. The van der Waals surface area contributed by atoms with Gasteiger partial charge in [-0.1, -0.05) is 179 Å². The van der Waals surface area contributed by atoms with Gasteiger partial charge in [-0.3, -0.25) is 4.99 Å². The predicted octanol–water partition coefficient (Wildman–Crippen LogP) is 15.0. The Bertz CT molecular complexity index is 1860. The third kappa shape index (κ3) is 16.1. The van der Waals surface area contributed by atoms with Crippen LogP contribution in [0, 0.1) is 26.2 Å². The Morgan fingerprint density at radius 3 is 1.73 bits per heavy atom. The molecule has 0 bridgehead atoms. The second-order valence-corrected chi connectivity index (χ2v) is 11.9. The SMILES string of the molecule is C#CC.C/C=C(C)\C=C/CC.C=C(N=C(C)c1ccc(-c2ccc(C)c(-c3ccccc3C)c2)cc1)c1ccccc1.CC.CCc1ccccc1. The average Bonchev–Trinajstić information content (AvgIpc) is 3.19. The minimum Gasteiger partial charge on any atom is -0.253 e. The zero-order valence-electron chi connectivity index (χ0n) is 33.5. The van der Waals surface area contributed by atoms with Crippen LogP contribution in [-0.2, 0) is 6.42 Å². The van der Waals surface area contributed by atoms with E-state index in [1.807, 2.05) is 57.2 Å². The maximum absolute atomic E-state index is 4.72. The third-order valence-electron chi connectivity index (χ3n) is 8.04. The van der Waals surface area contributed by atoms with Crippen molar-refractivity contribution in [1.29, 1.82) is 0 Å². The molecule has 0 aliphatic heterocycles. The highest BCUT2D eigenvalue weighted by atomic mass is 14.7. The molecule has 5 rings (SSSR count). The average molecular weight is 688 g/mol. The number of rotatable bonds is 8. The lowest BCUT2D eigenvalue weighted by atomic mass is 9.92. The van der Waals surface area contributed by atoms with Crippen LogP contribution in [0.2, 0.25) is 0 Å². The van der Waals surface area contributed by atoms with Crippen LogP contribution in [-0.4, -0.2) is 5.71 Å². The molecule has 0 saturated heterocycles. The fraction of sp³-hybridized carbons (Fsp3) is 0.235. The zero-order valence-corrected chi connectivity index (χ0v) is 33.5. The summed E-state index contributed by atoms with van der Waals surface area (Å²) in [5.41, 5.74) is 14.2. The Labute approximate surface area is 317 Å². The number of hydrogen-bond acceptors (Lipinski definition) is 1. The molecule has 0 aliphatic carbocycles. The van der Waals surface area contributed by atoms with Gasteiger partial charge in [0.1, 0.15) is 0 Å². The highest BCUT2D eigenvalue weighted by Gasteiger charge is 2.08. The van der Waals surface area contributed by atoms with E-state index in [4.69, 9.17) is 4.99 Å². The van der Waals surface area contributed by atoms with Crippen LogP contribution in [0.4, 0.5) is 0 Å². The minimum atomic E-state index is 0.781. The first-order valence-corrected chi connectivity index (χ1v) is 18.5. The molecule has 0 amide bonds. The summed E-state index contributed by atoms with van der Waals surface area (Å²) in [5, 5.41) is 0. The number of aliphatic imine (C=N–C) groups is 1. The lowest BCUT2D eigenvalue weighted by molar-refractivity contribution is 1.14. The van der Waals surface area contributed by atoms with Crippen LogP contribution in [0.15, 0.2) is 163 Å². The largest absolute Gasteiger partial charge is 0.253 e. The van der Waals surface area contributed by atoms with Crippen LogP contribution >= 0.6 is 0 Å². The van der Waals surface area contributed by atoms with Gasteiger partial charge in [0.05, 0.1) is 5.70 Å². The smallest absolute Gasteiger partial charge is 0.0633 e. The maximum Gasteiger partial charge on any atom is 0.0633 e. The first kappa shape index (κ1) is 44.6. The van der Waals surface area contributed by atoms with Gasteiger partial charge in [0.15, 0.2) is 0 Å². The van der Waals surface area contributed by atoms with Crippen molar-refractivity contribution >= 4 is 11.4 Å². The molecule has 5 aromatic carbocycles. The summed E-state index contributed by atoms with van der Waals surface area (Å²) < 4.78 is 0. The Kier molecular flexibility index (Phi) is 22.6. The summed E-state index contributed by atoms with van der Waals surface area (Å²) in [6.07, 6.45) is 13.3. The van der Waals surface area contributed by atoms with Crippen molar-refractivity contribution in [2.24, 2.45) is 4.99 Å². The van der Waals surface area contributed by atoms with Crippen molar-refractivity contribution in [3.63, 3.8) is 0 Å². The van der Waals surface area contributed by atoms with Crippen LogP contribution in [0.3, 0.4) is 0 Å². The lowest BCUT2D eigenvalue weighted by Gasteiger charge is -2.12. The number of nitrogens with zero attached hydrogens (tertiary/aromatic N) is 1. The number of allylic oxidation sites excluding steroid dienone is 4. The van der Waals surface area contributed by atoms with Crippen molar-refractivity contribution in [2.45, 2.75) is 82.1 Å². The molecule has 1 heteroatoms. The fourth-order valence-electron chi connectivity index (χ4n) is 4.95. The van der Waals surface area contributed by atoms with E-state index in [0.717, 1.165) is 35.4 Å². The van der Waals surface area contributed by atoms with Crippen LogP contribution in [0.1, 0.15) is 89.6 Å². The number of benzene rings is 5.